The fourth-order valence-corrected chi connectivity index (χ4v) is 1.38. The minimum atomic E-state index is 0.0211. The number of hydrogen-bond acceptors (Lipinski definition) is 3. The first-order valence-electron chi connectivity index (χ1n) is 4.76. The predicted molar refractivity (Wildman–Crippen MR) is 63.3 cm³/mol. The summed E-state index contributed by atoms with van der Waals surface area (Å²) in [6.07, 6.45) is 0.451. The van der Waals surface area contributed by atoms with Crippen LogP contribution >= 0.6 is 12.6 Å². The summed E-state index contributed by atoms with van der Waals surface area (Å²) in [6, 6.07) is 7.63. The zero-order chi connectivity index (χ0) is 11.1. The van der Waals surface area contributed by atoms with Crippen LogP contribution in [0.4, 0.5) is 0 Å². The van der Waals surface area contributed by atoms with Crippen LogP contribution in [-0.4, -0.2) is 18.8 Å². The zero-order valence-electron chi connectivity index (χ0n) is 8.69. The van der Waals surface area contributed by atoms with Gasteiger partial charge in [-0.15, -0.1) is 0 Å². The van der Waals surface area contributed by atoms with E-state index in [0.717, 1.165) is 11.3 Å². The van der Waals surface area contributed by atoms with Crippen LogP contribution in [0.1, 0.15) is 12.0 Å². The third-order valence-corrected chi connectivity index (χ3v) is 2.19. The Kier molecular flexibility index (Phi) is 5.04. The normalized spacial score (nSPS) is 9.73. The summed E-state index contributed by atoms with van der Waals surface area (Å²) in [5.74, 6) is 1.40. The van der Waals surface area contributed by atoms with Crippen molar-refractivity contribution < 1.29 is 9.53 Å². The molecule has 1 amide bonds. The van der Waals surface area contributed by atoms with Crippen molar-refractivity contribution in [2.24, 2.45) is 0 Å². The molecular formula is C11H15NO2S. The van der Waals surface area contributed by atoms with E-state index in [1.54, 1.807) is 7.11 Å². The summed E-state index contributed by atoms with van der Waals surface area (Å²) in [7, 11) is 1.62. The van der Waals surface area contributed by atoms with Gasteiger partial charge in [0.15, 0.2) is 0 Å². The minimum absolute atomic E-state index is 0.0211. The highest BCUT2D eigenvalue weighted by molar-refractivity contribution is 7.80. The van der Waals surface area contributed by atoms with Crippen LogP contribution in [-0.2, 0) is 11.3 Å². The van der Waals surface area contributed by atoms with E-state index in [9.17, 15) is 4.79 Å². The SMILES string of the molecule is COc1cccc(CNC(=O)CCS)c1. The molecule has 0 aliphatic rings. The maximum atomic E-state index is 11.2. The van der Waals surface area contributed by atoms with E-state index in [-0.39, 0.29) is 5.91 Å². The van der Waals surface area contributed by atoms with Crippen LogP contribution in [0.15, 0.2) is 24.3 Å². The number of amides is 1. The molecular weight excluding hydrogens is 210 g/mol. The lowest BCUT2D eigenvalue weighted by Crippen LogP contribution is -2.22. The number of benzene rings is 1. The summed E-state index contributed by atoms with van der Waals surface area (Å²) in [5, 5.41) is 2.81. The second kappa shape index (κ2) is 6.35. The fraction of sp³-hybridized carbons (Fsp3) is 0.364. The number of carbonyl (C=O) groups excluding carboxylic acids is 1. The van der Waals surface area contributed by atoms with Crippen molar-refractivity contribution in [1.82, 2.24) is 5.32 Å². The van der Waals surface area contributed by atoms with Crippen molar-refractivity contribution in [3.05, 3.63) is 29.8 Å². The zero-order valence-corrected chi connectivity index (χ0v) is 9.59. The quantitative estimate of drug-likeness (QED) is 0.748. The molecule has 1 aromatic rings. The number of methoxy groups -OCH3 is 1. The molecule has 1 rings (SSSR count). The van der Waals surface area contributed by atoms with Crippen molar-refractivity contribution in [1.29, 1.82) is 0 Å². The van der Waals surface area contributed by atoms with Gasteiger partial charge in [0.2, 0.25) is 5.91 Å². The Labute approximate surface area is 95.2 Å². The van der Waals surface area contributed by atoms with Gasteiger partial charge < -0.3 is 10.1 Å². The van der Waals surface area contributed by atoms with Crippen molar-refractivity contribution in [2.45, 2.75) is 13.0 Å². The van der Waals surface area contributed by atoms with Crippen LogP contribution < -0.4 is 10.1 Å². The molecule has 0 heterocycles. The highest BCUT2D eigenvalue weighted by Crippen LogP contribution is 2.12. The highest BCUT2D eigenvalue weighted by atomic mass is 32.1. The van der Waals surface area contributed by atoms with Gasteiger partial charge in [0, 0.05) is 13.0 Å². The summed E-state index contributed by atoms with van der Waals surface area (Å²) < 4.78 is 5.08. The van der Waals surface area contributed by atoms with E-state index >= 15 is 0 Å². The monoisotopic (exact) mass is 225 g/mol. The molecule has 1 aromatic carbocycles. The van der Waals surface area contributed by atoms with Crippen LogP contribution in [0, 0.1) is 0 Å². The maximum Gasteiger partial charge on any atom is 0.221 e. The number of ether oxygens (including phenoxy) is 1. The van der Waals surface area contributed by atoms with Crippen LogP contribution in [0.2, 0.25) is 0 Å². The van der Waals surface area contributed by atoms with Crippen molar-refractivity contribution >= 4 is 18.5 Å². The van der Waals surface area contributed by atoms with Crippen molar-refractivity contribution in [3.63, 3.8) is 0 Å². The highest BCUT2D eigenvalue weighted by Gasteiger charge is 2.00. The molecule has 0 fully saturated rings. The Hall–Kier alpha value is -1.16. The molecule has 0 aliphatic carbocycles. The van der Waals surface area contributed by atoms with E-state index in [0.29, 0.717) is 18.7 Å². The van der Waals surface area contributed by atoms with Gasteiger partial charge in [0.1, 0.15) is 5.75 Å². The smallest absolute Gasteiger partial charge is 0.221 e. The van der Waals surface area contributed by atoms with Gasteiger partial charge in [-0.25, -0.2) is 0 Å². The molecule has 4 heteroatoms. The topological polar surface area (TPSA) is 38.3 Å². The number of nitrogens with one attached hydrogen (secondary N) is 1. The van der Waals surface area contributed by atoms with E-state index in [2.05, 4.69) is 17.9 Å². The van der Waals surface area contributed by atoms with E-state index < -0.39 is 0 Å². The molecule has 1 N–H and O–H groups in total. The summed E-state index contributed by atoms with van der Waals surface area (Å²) in [6.45, 7) is 0.532. The molecule has 15 heavy (non-hydrogen) atoms. The number of carbonyl (C=O) groups is 1. The van der Waals surface area contributed by atoms with Crippen molar-refractivity contribution in [3.8, 4) is 5.75 Å². The molecule has 0 saturated carbocycles. The third-order valence-electron chi connectivity index (χ3n) is 1.96. The van der Waals surface area contributed by atoms with Crippen LogP contribution in [0.25, 0.3) is 0 Å². The van der Waals surface area contributed by atoms with Gasteiger partial charge in [-0.1, -0.05) is 12.1 Å². The Bertz CT molecular complexity index is 328. The van der Waals surface area contributed by atoms with E-state index in [1.165, 1.54) is 0 Å². The minimum Gasteiger partial charge on any atom is -0.497 e. The standard InChI is InChI=1S/C11H15NO2S/c1-14-10-4-2-3-9(7-10)8-12-11(13)5-6-15/h2-4,7,15H,5-6,8H2,1H3,(H,12,13). The van der Waals surface area contributed by atoms with Crippen molar-refractivity contribution in [2.75, 3.05) is 12.9 Å². The summed E-state index contributed by atoms with van der Waals surface area (Å²) >= 11 is 3.99. The third kappa shape index (κ3) is 4.25. The van der Waals surface area contributed by atoms with Gasteiger partial charge in [0.25, 0.3) is 0 Å². The lowest BCUT2D eigenvalue weighted by Gasteiger charge is -2.06. The van der Waals surface area contributed by atoms with Gasteiger partial charge in [-0.05, 0) is 23.4 Å². The summed E-state index contributed by atoms with van der Waals surface area (Å²) in [5.41, 5.74) is 1.03. The molecule has 3 nitrogen and oxygen atoms in total. The Morgan fingerprint density at radius 1 is 1.53 bits per heavy atom. The average molecular weight is 225 g/mol. The Balaban J connectivity index is 2.46. The fourth-order valence-electron chi connectivity index (χ4n) is 1.17. The lowest BCUT2D eigenvalue weighted by atomic mass is 10.2. The summed E-state index contributed by atoms with van der Waals surface area (Å²) in [4.78, 5) is 11.2. The van der Waals surface area contributed by atoms with Crippen LogP contribution in [0.5, 0.6) is 5.75 Å². The second-order valence-corrected chi connectivity index (χ2v) is 3.55. The Morgan fingerprint density at radius 3 is 3.00 bits per heavy atom. The van der Waals surface area contributed by atoms with Gasteiger partial charge in [-0.3, -0.25) is 4.79 Å². The molecule has 0 radical (unpaired) electrons. The molecule has 82 valence electrons. The van der Waals surface area contributed by atoms with Crippen LogP contribution in [0.3, 0.4) is 0 Å². The predicted octanol–water partition coefficient (Wildman–Crippen LogP) is 1.63. The largest absolute Gasteiger partial charge is 0.497 e. The maximum absolute atomic E-state index is 11.2. The number of thiol groups is 1. The molecule has 0 unspecified atom stereocenters. The molecule has 0 bridgehead atoms. The van der Waals surface area contributed by atoms with E-state index in [1.807, 2.05) is 24.3 Å². The van der Waals surface area contributed by atoms with E-state index in [4.69, 9.17) is 4.74 Å². The van der Waals surface area contributed by atoms with Gasteiger partial charge in [0.05, 0.1) is 7.11 Å². The molecule has 0 aliphatic heterocycles. The first-order valence-corrected chi connectivity index (χ1v) is 5.40. The molecule has 0 aromatic heterocycles. The Morgan fingerprint density at radius 2 is 2.33 bits per heavy atom. The first-order chi connectivity index (χ1) is 7.26. The average Bonchev–Trinajstić information content (AvgIpc) is 2.27. The molecule has 0 atom stereocenters. The number of hydrogen-bond donors (Lipinski definition) is 2. The molecule has 0 spiro atoms. The van der Waals surface area contributed by atoms with Gasteiger partial charge in [-0.2, -0.15) is 12.6 Å². The van der Waals surface area contributed by atoms with Gasteiger partial charge >= 0.3 is 0 Å². The second-order valence-electron chi connectivity index (χ2n) is 3.10. The lowest BCUT2D eigenvalue weighted by molar-refractivity contribution is -0.120. The first kappa shape index (κ1) is 11.9. The number of rotatable bonds is 5. The molecule has 0 saturated heterocycles.